The van der Waals surface area contributed by atoms with Crippen LogP contribution in [0, 0.1) is 0 Å². The quantitative estimate of drug-likeness (QED) is 0.283. The molecule has 1 N–H and O–H groups in total. The first kappa shape index (κ1) is 27.1. The number of ketones is 1. The van der Waals surface area contributed by atoms with Crippen LogP contribution in [-0.4, -0.2) is 73.1 Å². The molecule has 0 bridgehead atoms. The number of ether oxygens (including phenoxy) is 3. The molecule has 1 aliphatic heterocycles. The molecule has 0 radical (unpaired) electrons. The van der Waals surface area contributed by atoms with E-state index in [-0.39, 0.29) is 17.4 Å². The lowest BCUT2D eigenvalue weighted by atomic mass is 9.94. The number of carbonyl (C=O) groups excluding carboxylic acids is 2. The van der Waals surface area contributed by atoms with Gasteiger partial charge < -0.3 is 29.1 Å². The highest BCUT2D eigenvalue weighted by Crippen LogP contribution is 2.45. The Balaban J connectivity index is 2.15. The number of likely N-dealkylation sites (N-methyl/N-ethyl adjacent to an activating group) is 1. The lowest BCUT2D eigenvalue weighted by Crippen LogP contribution is -2.38. The summed E-state index contributed by atoms with van der Waals surface area (Å²) in [4.78, 5) is 30.3. The minimum absolute atomic E-state index is 0.00102. The number of methoxy groups -OCH3 is 2. The molecule has 1 aliphatic rings. The van der Waals surface area contributed by atoms with Crippen molar-refractivity contribution in [1.82, 2.24) is 9.80 Å². The van der Waals surface area contributed by atoms with Gasteiger partial charge in [0.05, 0.1) is 31.9 Å². The molecule has 2 aromatic rings. The SMILES string of the molecule is CCN(CC)CCN1C(=O)C(=O)/C(=C(/O)c2ccc(OC(C)C)cc2)[C@@H]1c1cccc(OC)c1OC. The Hall–Kier alpha value is -3.52. The van der Waals surface area contributed by atoms with Crippen LogP contribution in [0.4, 0.5) is 0 Å². The fraction of sp³-hybridized carbons (Fsp3) is 0.429. The molecule has 8 nitrogen and oxygen atoms in total. The van der Waals surface area contributed by atoms with E-state index in [1.807, 2.05) is 27.7 Å². The van der Waals surface area contributed by atoms with E-state index in [2.05, 4.69) is 4.90 Å². The standard InChI is InChI=1S/C28H36N2O6/c1-7-29(8-2)16-17-30-24(21-10-9-11-22(34-5)27(21)35-6)23(26(32)28(30)33)25(31)19-12-14-20(15-13-19)36-18(3)4/h9-15,18,24,31H,7-8,16-17H2,1-6H3/b25-23+/t24-/m0/s1. The van der Waals surface area contributed by atoms with E-state index in [1.54, 1.807) is 42.5 Å². The van der Waals surface area contributed by atoms with Crippen molar-refractivity contribution in [2.45, 2.75) is 39.8 Å². The van der Waals surface area contributed by atoms with Crippen LogP contribution < -0.4 is 14.2 Å². The van der Waals surface area contributed by atoms with E-state index in [1.165, 1.54) is 19.1 Å². The molecule has 0 spiro atoms. The van der Waals surface area contributed by atoms with Crippen molar-refractivity contribution in [3.8, 4) is 17.2 Å². The molecule has 0 unspecified atom stereocenters. The van der Waals surface area contributed by atoms with E-state index in [9.17, 15) is 14.7 Å². The molecular formula is C28H36N2O6. The number of rotatable bonds is 11. The zero-order valence-corrected chi connectivity index (χ0v) is 21.9. The molecule has 1 amide bonds. The van der Waals surface area contributed by atoms with Crippen LogP contribution in [0.2, 0.25) is 0 Å². The summed E-state index contributed by atoms with van der Waals surface area (Å²) in [7, 11) is 3.04. The topological polar surface area (TPSA) is 88.5 Å². The molecule has 8 heteroatoms. The number of likely N-dealkylation sites (tertiary alicyclic amines) is 1. The third-order valence-corrected chi connectivity index (χ3v) is 6.32. The number of aliphatic hydroxyl groups excluding tert-OH is 1. The van der Waals surface area contributed by atoms with Crippen LogP contribution in [-0.2, 0) is 9.59 Å². The van der Waals surface area contributed by atoms with Gasteiger partial charge in [0.1, 0.15) is 11.5 Å². The van der Waals surface area contributed by atoms with Crippen molar-refractivity contribution in [2.24, 2.45) is 0 Å². The molecule has 1 fully saturated rings. The fourth-order valence-electron chi connectivity index (χ4n) is 4.47. The number of aliphatic hydroxyl groups is 1. The summed E-state index contributed by atoms with van der Waals surface area (Å²) in [5.74, 6) is -0.106. The minimum atomic E-state index is -0.836. The maximum atomic E-state index is 13.3. The number of amides is 1. The van der Waals surface area contributed by atoms with Gasteiger partial charge in [-0.3, -0.25) is 9.59 Å². The molecule has 36 heavy (non-hydrogen) atoms. The Morgan fingerprint density at radius 1 is 1.03 bits per heavy atom. The number of nitrogens with zero attached hydrogens (tertiary/aromatic N) is 2. The maximum absolute atomic E-state index is 13.3. The highest BCUT2D eigenvalue weighted by Gasteiger charge is 2.47. The highest BCUT2D eigenvalue weighted by atomic mass is 16.5. The van der Waals surface area contributed by atoms with Crippen molar-refractivity contribution in [1.29, 1.82) is 0 Å². The predicted octanol–water partition coefficient (Wildman–Crippen LogP) is 4.25. The maximum Gasteiger partial charge on any atom is 0.295 e. The fourth-order valence-corrected chi connectivity index (χ4v) is 4.47. The highest BCUT2D eigenvalue weighted by molar-refractivity contribution is 6.46. The summed E-state index contributed by atoms with van der Waals surface area (Å²) < 4.78 is 16.8. The summed E-state index contributed by atoms with van der Waals surface area (Å²) >= 11 is 0. The van der Waals surface area contributed by atoms with Crippen molar-refractivity contribution in [3.05, 3.63) is 59.2 Å². The Morgan fingerprint density at radius 2 is 1.69 bits per heavy atom. The first-order chi connectivity index (χ1) is 17.3. The second-order valence-electron chi connectivity index (χ2n) is 8.79. The van der Waals surface area contributed by atoms with Crippen LogP contribution >= 0.6 is 0 Å². The van der Waals surface area contributed by atoms with Gasteiger partial charge in [-0.1, -0.05) is 26.0 Å². The van der Waals surface area contributed by atoms with E-state index >= 15 is 0 Å². The second kappa shape index (κ2) is 11.9. The predicted molar refractivity (Wildman–Crippen MR) is 139 cm³/mol. The van der Waals surface area contributed by atoms with Gasteiger partial charge in [-0.05, 0) is 57.3 Å². The van der Waals surface area contributed by atoms with Crippen molar-refractivity contribution < 1.29 is 28.9 Å². The molecule has 0 aromatic heterocycles. The van der Waals surface area contributed by atoms with Crippen LogP contribution in [0.25, 0.3) is 5.76 Å². The molecular weight excluding hydrogens is 460 g/mol. The van der Waals surface area contributed by atoms with Gasteiger partial charge in [0.2, 0.25) is 0 Å². The third-order valence-electron chi connectivity index (χ3n) is 6.32. The Labute approximate surface area is 213 Å². The van der Waals surface area contributed by atoms with E-state index in [0.717, 1.165) is 13.1 Å². The van der Waals surface area contributed by atoms with Crippen LogP contribution in [0.15, 0.2) is 48.0 Å². The second-order valence-corrected chi connectivity index (χ2v) is 8.79. The average molecular weight is 497 g/mol. The lowest BCUT2D eigenvalue weighted by molar-refractivity contribution is -0.140. The Kier molecular flexibility index (Phi) is 8.98. The van der Waals surface area contributed by atoms with E-state index in [4.69, 9.17) is 14.2 Å². The molecule has 1 saturated heterocycles. The minimum Gasteiger partial charge on any atom is -0.507 e. The molecule has 3 rings (SSSR count). The summed E-state index contributed by atoms with van der Waals surface area (Å²) in [5, 5.41) is 11.3. The smallest absolute Gasteiger partial charge is 0.295 e. The van der Waals surface area contributed by atoms with Crippen molar-refractivity contribution in [2.75, 3.05) is 40.4 Å². The third kappa shape index (κ3) is 5.49. The number of para-hydroxylation sites is 1. The van der Waals surface area contributed by atoms with E-state index < -0.39 is 17.7 Å². The first-order valence-electron chi connectivity index (χ1n) is 12.3. The van der Waals surface area contributed by atoms with Gasteiger partial charge in [-0.15, -0.1) is 0 Å². The molecule has 194 valence electrons. The van der Waals surface area contributed by atoms with Crippen LogP contribution in [0.5, 0.6) is 17.2 Å². The van der Waals surface area contributed by atoms with E-state index in [0.29, 0.717) is 41.5 Å². The first-order valence-corrected chi connectivity index (χ1v) is 12.3. The summed E-state index contributed by atoms with van der Waals surface area (Å²) in [6, 6.07) is 11.3. The summed E-state index contributed by atoms with van der Waals surface area (Å²) in [6.07, 6.45) is 0.00102. The number of benzene rings is 2. The van der Waals surface area contributed by atoms with Gasteiger partial charge in [0.25, 0.3) is 11.7 Å². The molecule has 2 aromatic carbocycles. The Morgan fingerprint density at radius 3 is 2.25 bits per heavy atom. The molecule has 0 saturated carbocycles. The van der Waals surface area contributed by atoms with Gasteiger partial charge in [0, 0.05) is 24.2 Å². The van der Waals surface area contributed by atoms with Crippen LogP contribution in [0.3, 0.4) is 0 Å². The summed E-state index contributed by atoms with van der Waals surface area (Å²) in [5.41, 5.74) is 1.00. The van der Waals surface area contributed by atoms with Gasteiger partial charge in [-0.25, -0.2) is 0 Å². The Bertz CT molecular complexity index is 1110. The number of Topliss-reactive ketones (excluding diaryl/α,β-unsaturated/α-hetero) is 1. The zero-order valence-electron chi connectivity index (χ0n) is 21.9. The molecule has 0 aliphatic carbocycles. The lowest BCUT2D eigenvalue weighted by Gasteiger charge is -2.29. The van der Waals surface area contributed by atoms with Crippen LogP contribution in [0.1, 0.15) is 44.9 Å². The van der Waals surface area contributed by atoms with Gasteiger partial charge in [-0.2, -0.15) is 0 Å². The zero-order chi connectivity index (χ0) is 26.4. The monoisotopic (exact) mass is 496 g/mol. The number of hydrogen-bond acceptors (Lipinski definition) is 7. The van der Waals surface area contributed by atoms with Crippen molar-refractivity contribution >= 4 is 17.4 Å². The largest absolute Gasteiger partial charge is 0.507 e. The van der Waals surface area contributed by atoms with Gasteiger partial charge >= 0.3 is 0 Å². The number of carbonyl (C=O) groups is 2. The van der Waals surface area contributed by atoms with Gasteiger partial charge in [0.15, 0.2) is 11.5 Å². The average Bonchev–Trinajstić information content (AvgIpc) is 3.13. The molecule has 1 atom stereocenters. The number of hydrogen-bond donors (Lipinski definition) is 1. The van der Waals surface area contributed by atoms with Crippen molar-refractivity contribution in [3.63, 3.8) is 0 Å². The normalized spacial score (nSPS) is 17.2. The summed E-state index contributed by atoms with van der Waals surface area (Å²) in [6.45, 7) is 10.5. The molecule has 1 heterocycles.